The van der Waals surface area contributed by atoms with Crippen molar-refractivity contribution in [2.45, 2.75) is 49.6 Å². The van der Waals surface area contributed by atoms with Gasteiger partial charge in [0.1, 0.15) is 41.7 Å². The Bertz CT molecular complexity index is 2750. The summed E-state index contributed by atoms with van der Waals surface area (Å²) in [6.45, 7) is 2.00. The number of anilines is 1. The van der Waals surface area contributed by atoms with E-state index < -0.39 is 36.2 Å². The number of benzene rings is 6. The molecule has 0 aliphatic carbocycles. The van der Waals surface area contributed by atoms with Gasteiger partial charge in [-0.3, -0.25) is 9.36 Å². The van der Waals surface area contributed by atoms with Crippen LogP contribution in [0.25, 0.3) is 21.9 Å². The number of aliphatic hydroxyl groups excluding tert-OH is 1. The Morgan fingerprint density at radius 3 is 2.05 bits per heavy atom. The molecule has 8 aromatic rings. The van der Waals surface area contributed by atoms with Gasteiger partial charge in [0.2, 0.25) is 0 Å². The Kier molecular flexibility index (Phi) is 11.9. The van der Waals surface area contributed by atoms with Crippen LogP contribution in [0.2, 0.25) is 0 Å². The van der Waals surface area contributed by atoms with E-state index in [0.717, 1.165) is 33.0 Å². The monoisotopic (exact) mass is 841 g/mol. The summed E-state index contributed by atoms with van der Waals surface area (Å²) in [6, 6.07) is 48.7. The zero-order valence-electron chi connectivity index (χ0n) is 35.1. The first-order valence-electron chi connectivity index (χ1n) is 20.9. The number of imidazole rings is 1. The SMILES string of the molecule is CCC(O[C@@H]1[C@H](O)[C@@H](COC(c2ccccc2)(c2ccc(OC)cc2)c2ccc(OC)cc2)O[C@H]1n1cnc2c(NC(=O)c3ccccc3)ncnc21)c1cccc2ccccc12. The molecule has 0 radical (unpaired) electrons. The van der Waals surface area contributed by atoms with E-state index in [9.17, 15) is 9.90 Å². The van der Waals surface area contributed by atoms with Crippen molar-refractivity contribution in [3.63, 3.8) is 0 Å². The van der Waals surface area contributed by atoms with Crippen LogP contribution < -0.4 is 14.8 Å². The summed E-state index contributed by atoms with van der Waals surface area (Å²) in [5, 5.41) is 17.6. The standard InChI is InChI=1S/C51H47N5O7/c1-4-42(41-21-13-17-33-14-11-12-20-40(33)41)62-46-45(57)43(63-50(46)56-32-54-44-47(52-31-53-48(44)56)55-49(58)34-15-7-5-8-16-34)30-61-51(35-18-9-6-10-19-35,36-22-26-38(59-2)27-23-36)37-24-28-39(60-3)29-25-37/h5-29,31-32,42-43,45-46,50,57H,4,30H2,1-3H3,(H,52,53,55,58)/t42?,43-,45-,46-,50-/m1/s1. The fourth-order valence-electron chi connectivity index (χ4n) is 8.52. The average molecular weight is 842 g/mol. The maximum atomic E-state index is 13.3. The van der Waals surface area contributed by atoms with Gasteiger partial charge in [-0.15, -0.1) is 0 Å². The quantitative estimate of drug-likeness (QED) is 0.0962. The number of aromatic nitrogens is 4. The summed E-state index contributed by atoms with van der Waals surface area (Å²) < 4.78 is 34.0. The van der Waals surface area contributed by atoms with Crippen LogP contribution in [0.1, 0.15) is 58.3 Å². The second-order valence-electron chi connectivity index (χ2n) is 15.3. The molecule has 0 saturated carbocycles. The fraction of sp³-hybridized carbons (Fsp3) is 0.216. The second kappa shape index (κ2) is 18.2. The van der Waals surface area contributed by atoms with E-state index in [1.165, 1.54) is 6.33 Å². The molecule has 63 heavy (non-hydrogen) atoms. The Hall–Kier alpha value is -6.96. The highest BCUT2D eigenvalue weighted by atomic mass is 16.6. The molecule has 0 bridgehead atoms. The molecule has 1 aliphatic rings. The molecule has 318 valence electrons. The van der Waals surface area contributed by atoms with Crippen molar-refractivity contribution < 1.29 is 33.6 Å². The number of rotatable bonds is 15. The van der Waals surface area contributed by atoms with Gasteiger partial charge in [0.15, 0.2) is 23.2 Å². The van der Waals surface area contributed by atoms with Crippen LogP contribution in [-0.2, 0) is 19.8 Å². The van der Waals surface area contributed by atoms with Gasteiger partial charge in [-0.1, -0.05) is 122 Å². The first kappa shape index (κ1) is 41.4. The lowest BCUT2D eigenvalue weighted by atomic mass is 9.80. The predicted octanol–water partition coefficient (Wildman–Crippen LogP) is 9.05. The molecular weight excluding hydrogens is 795 g/mol. The van der Waals surface area contributed by atoms with Crippen molar-refractivity contribution in [3.05, 3.63) is 192 Å². The molecule has 1 fully saturated rings. The minimum absolute atomic E-state index is 0.0600. The number of nitrogens with zero attached hydrogens (tertiary/aromatic N) is 4. The minimum atomic E-state index is -1.18. The molecule has 5 atom stereocenters. The molecule has 3 heterocycles. The van der Waals surface area contributed by atoms with E-state index in [1.807, 2.05) is 103 Å². The van der Waals surface area contributed by atoms with Crippen LogP contribution in [0.3, 0.4) is 0 Å². The largest absolute Gasteiger partial charge is 0.497 e. The van der Waals surface area contributed by atoms with Crippen LogP contribution in [0.5, 0.6) is 11.5 Å². The van der Waals surface area contributed by atoms with Crippen molar-refractivity contribution in [2.24, 2.45) is 0 Å². The molecule has 12 nitrogen and oxygen atoms in total. The lowest BCUT2D eigenvalue weighted by molar-refractivity contribution is -0.106. The lowest BCUT2D eigenvalue weighted by Crippen LogP contribution is -2.40. The van der Waals surface area contributed by atoms with Gasteiger partial charge in [-0.2, -0.15) is 0 Å². The third-order valence-corrected chi connectivity index (χ3v) is 11.7. The number of carbonyl (C=O) groups is 1. The number of hydrogen-bond acceptors (Lipinski definition) is 10. The molecule has 2 aromatic heterocycles. The van der Waals surface area contributed by atoms with Gasteiger partial charge in [0, 0.05) is 5.56 Å². The highest BCUT2D eigenvalue weighted by Crippen LogP contribution is 2.44. The predicted molar refractivity (Wildman–Crippen MR) is 240 cm³/mol. The molecule has 1 saturated heterocycles. The summed E-state index contributed by atoms with van der Waals surface area (Å²) in [5.41, 5.74) is 3.55. The van der Waals surface area contributed by atoms with Crippen molar-refractivity contribution in [1.29, 1.82) is 0 Å². The molecule has 1 unspecified atom stereocenters. The van der Waals surface area contributed by atoms with Crippen molar-refractivity contribution in [3.8, 4) is 11.5 Å². The topological polar surface area (TPSA) is 139 Å². The van der Waals surface area contributed by atoms with Crippen molar-refractivity contribution in [2.75, 3.05) is 26.1 Å². The van der Waals surface area contributed by atoms with E-state index in [2.05, 4.69) is 51.5 Å². The Balaban J connectivity index is 1.11. The first-order valence-corrected chi connectivity index (χ1v) is 20.9. The number of fused-ring (bicyclic) bond motifs is 2. The molecule has 2 N–H and O–H groups in total. The van der Waals surface area contributed by atoms with E-state index in [0.29, 0.717) is 34.6 Å². The average Bonchev–Trinajstić information content (AvgIpc) is 3.92. The number of carbonyl (C=O) groups excluding carboxylic acids is 1. The van der Waals surface area contributed by atoms with Gasteiger partial charge in [0.25, 0.3) is 5.91 Å². The number of ether oxygens (including phenoxy) is 5. The van der Waals surface area contributed by atoms with E-state index in [1.54, 1.807) is 49.4 Å². The van der Waals surface area contributed by atoms with Gasteiger partial charge in [0.05, 0.1) is 33.3 Å². The normalized spacial score (nSPS) is 18.0. The number of amides is 1. The van der Waals surface area contributed by atoms with Crippen LogP contribution in [-0.4, -0.2) is 69.7 Å². The highest BCUT2D eigenvalue weighted by molar-refractivity contribution is 6.06. The molecule has 9 rings (SSSR count). The van der Waals surface area contributed by atoms with Gasteiger partial charge < -0.3 is 34.1 Å². The molecule has 12 heteroatoms. The number of hydrogen-bond donors (Lipinski definition) is 2. The van der Waals surface area contributed by atoms with Crippen molar-refractivity contribution in [1.82, 2.24) is 19.5 Å². The maximum Gasteiger partial charge on any atom is 0.256 e. The van der Waals surface area contributed by atoms with Crippen LogP contribution in [0.15, 0.2) is 164 Å². The minimum Gasteiger partial charge on any atom is -0.497 e. The van der Waals surface area contributed by atoms with Crippen LogP contribution >= 0.6 is 0 Å². The van der Waals surface area contributed by atoms with Gasteiger partial charge in [-0.25, -0.2) is 15.0 Å². The molecule has 1 aliphatic heterocycles. The van der Waals surface area contributed by atoms with E-state index in [4.69, 9.17) is 23.7 Å². The summed E-state index contributed by atoms with van der Waals surface area (Å²) in [6.07, 6.45) is -0.804. The number of methoxy groups -OCH3 is 2. The lowest BCUT2D eigenvalue weighted by Gasteiger charge is -2.37. The van der Waals surface area contributed by atoms with Crippen molar-refractivity contribution >= 4 is 33.7 Å². The highest BCUT2D eigenvalue weighted by Gasteiger charge is 2.49. The number of nitrogens with one attached hydrogen (secondary N) is 1. The Labute approximate surface area is 365 Å². The van der Waals surface area contributed by atoms with Gasteiger partial charge >= 0.3 is 0 Å². The summed E-state index contributed by atoms with van der Waals surface area (Å²) in [4.78, 5) is 26.9. The fourth-order valence-corrected chi connectivity index (χ4v) is 8.52. The molecule has 0 spiro atoms. The first-order chi connectivity index (χ1) is 30.9. The third kappa shape index (κ3) is 8.01. The third-order valence-electron chi connectivity index (χ3n) is 11.7. The zero-order valence-corrected chi connectivity index (χ0v) is 35.1. The molecular formula is C51H47N5O7. The summed E-state index contributed by atoms with van der Waals surface area (Å²) in [5.74, 6) is 1.29. The van der Waals surface area contributed by atoms with E-state index >= 15 is 0 Å². The van der Waals surface area contributed by atoms with Crippen LogP contribution in [0.4, 0.5) is 5.82 Å². The smallest absolute Gasteiger partial charge is 0.256 e. The molecule has 1 amide bonds. The summed E-state index contributed by atoms with van der Waals surface area (Å²) >= 11 is 0. The Morgan fingerprint density at radius 2 is 1.38 bits per heavy atom. The van der Waals surface area contributed by atoms with Crippen LogP contribution in [0, 0.1) is 0 Å². The second-order valence-corrected chi connectivity index (χ2v) is 15.3. The zero-order chi connectivity index (χ0) is 43.3. The summed E-state index contributed by atoms with van der Waals surface area (Å²) in [7, 11) is 3.27. The van der Waals surface area contributed by atoms with E-state index in [-0.39, 0.29) is 18.3 Å². The Morgan fingerprint density at radius 1 is 0.762 bits per heavy atom. The maximum absolute atomic E-state index is 13.3. The molecule has 6 aromatic carbocycles. The number of aliphatic hydroxyl groups is 1. The van der Waals surface area contributed by atoms with Gasteiger partial charge in [-0.05, 0) is 75.8 Å².